The number of nitrogens with one attached hydrogen (secondary N) is 1. The first-order valence-electron chi connectivity index (χ1n) is 9.19. The number of anilines is 1. The predicted octanol–water partition coefficient (Wildman–Crippen LogP) is 3.69. The zero-order valence-corrected chi connectivity index (χ0v) is 15.0. The summed E-state index contributed by atoms with van der Waals surface area (Å²) in [6.45, 7) is 1.88. The van der Waals surface area contributed by atoms with Crippen molar-refractivity contribution in [2.45, 2.75) is 32.0 Å². The average molecular weight is 366 g/mol. The van der Waals surface area contributed by atoms with Gasteiger partial charge in [-0.25, -0.2) is 4.98 Å². The first kappa shape index (κ1) is 17.5. The fraction of sp³-hybridized carbons (Fsp3) is 0.350. The highest BCUT2D eigenvalue weighted by molar-refractivity contribution is 5.54. The highest BCUT2D eigenvalue weighted by Gasteiger charge is 2.14. The first-order chi connectivity index (χ1) is 13.4. The molecule has 27 heavy (non-hydrogen) atoms. The fourth-order valence-corrected chi connectivity index (χ4v) is 2.91. The lowest BCUT2D eigenvalue weighted by atomic mass is 10.1. The summed E-state index contributed by atoms with van der Waals surface area (Å²) in [5.41, 5.74) is 0.771. The van der Waals surface area contributed by atoms with E-state index in [1.54, 1.807) is 6.20 Å². The van der Waals surface area contributed by atoms with Gasteiger partial charge in [-0.05, 0) is 43.5 Å². The molecule has 7 nitrogen and oxygen atoms in total. The third-order valence-corrected chi connectivity index (χ3v) is 4.37. The van der Waals surface area contributed by atoms with Crippen molar-refractivity contribution in [1.29, 1.82) is 0 Å². The summed E-state index contributed by atoms with van der Waals surface area (Å²) in [4.78, 5) is 8.78. The predicted molar refractivity (Wildman–Crippen MR) is 100 cm³/mol. The topological polar surface area (TPSA) is 82.3 Å². The van der Waals surface area contributed by atoms with Gasteiger partial charge < -0.3 is 19.3 Å². The van der Waals surface area contributed by atoms with E-state index in [0.717, 1.165) is 43.1 Å². The maximum Gasteiger partial charge on any atom is 0.259 e. The number of aromatic nitrogens is 3. The molecule has 0 aliphatic carbocycles. The summed E-state index contributed by atoms with van der Waals surface area (Å²) in [5, 5.41) is 7.27. The molecule has 4 rings (SSSR count). The van der Waals surface area contributed by atoms with E-state index in [9.17, 15) is 0 Å². The van der Waals surface area contributed by atoms with Gasteiger partial charge >= 0.3 is 0 Å². The van der Waals surface area contributed by atoms with E-state index in [2.05, 4.69) is 20.4 Å². The van der Waals surface area contributed by atoms with E-state index in [-0.39, 0.29) is 12.7 Å². The van der Waals surface area contributed by atoms with Crippen LogP contribution in [0.15, 0.2) is 53.2 Å². The molecule has 0 saturated carbocycles. The summed E-state index contributed by atoms with van der Waals surface area (Å²) in [7, 11) is 0. The molecule has 3 aromatic rings. The molecular formula is C20H22N4O3. The Kier molecular flexibility index (Phi) is 5.59. The van der Waals surface area contributed by atoms with Crippen molar-refractivity contribution in [3.05, 3.63) is 54.5 Å². The Morgan fingerprint density at radius 1 is 1.11 bits per heavy atom. The summed E-state index contributed by atoms with van der Waals surface area (Å²) in [6, 6.07) is 13.4. The van der Waals surface area contributed by atoms with Crippen LogP contribution < -0.4 is 10.1 Å². The van der Waals surface area contributed by atoms with Gasteiger partial charge in [0.1, 0.15) is 11.6 Å². The molecule has 0 radical (unpaired) electrons. The molecule has 1 N–H and O–H groups in total. The van der Waals surface area contributed by atoms with Crippen LogP contribution in [-0.2, 0) is 11.3 Å². The lowest BCUT2D eigenvalue weighted by Crippen LogP contribution is -2.27. The summed E-state index contributed by atoms with van der Waals surface area (Å²) in [6.07, 6.45) is 5.47. The van der Waals surface area contributed by atoms with Crippen LogP contribution in [0.3, 0.4) is 0 Å². The molecule has 0 bridgehead atoms. The Labute approximate surface area is 157 Å². The minimum Gasteiger partial charge on any atom is -0.485 e. The lowest BCUT2D eigenvalue weighted by Gasteiger charge is -2.22. The smallest absolute Gasteiger partial charge is 0.259 e. The third-order valence-electron chi connectivity index (χ3n) is 4.37. The number of pyridine rings is 1. The molecule has 7 heteroatoms. The molecule has 2 aromatic heterocycles. The highest BCUT2D eigenvalue weighted by Crippen LogP contribution is 2.19. The molecule has 0 unspecified atom stereocenters. The second-order valence-electron chi connectivity index (χ2n) is 6.42. The van der Waals surface area contributed by atoms with Crippen LogP contribution in [0, 0.1) is 0 Å². The second-order valence-corrected chi connectivity index (χ2v) is 6.42. The number of nitrogens with zero attached hydrogens (tertiary/aromatic N) is 3. The SMILES string of the molecule is c1ccc(OCc2noc(-c3ccc(NC[C@@H]4CCCCO4)nc3)n2)cc1. The molecule has 3 heterocycles. The van der Waals surface area contributed by atoms with Crippen molar-refractivity contribution < 1.29 is 14.0 Å². The van der Waals surface area contributed by atoms with E-state index in [1.165, 1.54) is 6.42 Å². The Bertz CT molecular complexity index is 830. The van der Waals surface area contributed by atoms with Crippen molar-refractivity contribution in [2.75, 3.05) is 18.5 Å². The van der Waals surface area contributed by atoms with Crippen LogP contribution in [0.25, 0.3) is 11.5 Å². The van der Waals surface area contributed by atoms with Crippen LogP contribution in [0.2, 0.25) is 0 Å². The summed E-state index contributed by atoms with van der Waals surface area (Å²) in [5.74, 6) is 2.49. The Morgan fingerprint density at radius 3 is 2.81 bits per heavy atom. The number of ether oxygens (including phenoxy) is 2. The molecule has 1 atom stereocenters. The van der Waals surface area contributed by atoms with Crippen molar-refractivity contribution in [3.8, 4) is 17.2 Å². The maximum absolute atomic E-state index is 5.71. The van der Waals surface area contributed by atoms with Crippen LogP contribution in [0.1, 0.15) is 25.1 Å². The van der Waals surface area contributed by atoms with E-state index in [4.69, 9.17) is 14.0 Å². The molecule has 1 aliphatic heterocycles. The van der Waals surface area contributed by atoms with Gasteiger partial charge in [-0.1, -0.05) is 23.4 Å². The van der Waals surface area contributed by atoms with Gasteiger partial charge in [0.05, 0.1) is 11.7 Å². The van der Waals surface area contributed by atoms with Gasteiger partial charge in [-0.15, -0.1) is 0 Å². The van der Waals surface area contributed by atoms with Crippen molar-refractivity contribution >= 4 is 5.82 Å². The van der Waals surface area contributed by atoms with Crippen LogP contribution in [-0.4, -0.2) is 34.4 Å². The molecule has 1 saturated heterocycles. The Balaban J connectivity index is 1.31. The normalized spacial score (nSPS) is 16.8. The van der Waals surface area contributed by atoms with E-state index >= 15 is 0 Å². The monoisotopic (exact) mass is 366 g/mol. The van der Waals surface area contributed by atoms with E-state index in [0.29, 0.717) is 11.7 Å². The highest BCUT2D eigenvalue weighted by atomic mass is 16.5. The van der Waals surface area contributed by atoms with Gasteiger partial charge in [0, 0.05) is 19.3 Å². The minimum atomic E-state index is 0.252. The fourth-order valence-electron chi connectivity index (χ4n) is 2.91. The molecule has 0 amide bonds. The molecular weight excluding hydrogens is 344 g/mol. The standard InChI is InChI=1S/C20H22N4O3/c1-2-6-16(7-3-1)26-14-19-23-20(27-24-19)15-9-10-18(21-12-15)22-13-17-8-4-5-11-25-17/h1-3,6-7,9-10,12,17H,4-5,8,11,13-14H2,(H,21,22)/t17-/m0/s1. The molecule has 1 aliphatic rings. The van der Waals surface area contributed by atoms with Crippen molar-refractivity contribution in [2.24, 2.45) is 0 Å². The quantitative estimate of drug-likeness (QED) is 0.683. The minimum absolute atomic E-state index is 0.252. The van der Waals surface area contributed by atoms with Crippen LogP contribution in [0.4, 0.5) is 5.82 Å². The number of benzene rings is 1. The van der Waals surface area contributed by atoms with Gasteiger partial charge in [-0.3, -0.25) is 0 Å². The Morgan fingerprint density at radius 2 is 2.04 bits per heavy atom. The number of hydrogen-bond donors (Lipinski definition) is 1. The lowest BCUT2D eigenvalue weighted by molar-refractivity contribution is 0.0247. The largest absolute Gasteiger partial charge is 0.485 e. The van der Waals surface area contributed by atoms with Gasteiger partial charge in [-0.2, -0.15) is 4.98 Å². The summed E-state index contributed by atoms with van der Waals surface area (Å²) < 4.78 is 16.7. The summed E-state index contributed by atoms with van der Waals surface area (Å²) >= 11 is 0. The Hall–Kier alpha value is -2.93. The molecule has 1 aromatic carbocycles. The van der Waals surface area contributed by atoms with Crippen LogP contribution in [0.5, 0.6) is 5.75 Å². The molecule has 1 fully saturated rings. The van der Waals surface area contributed by atoms with Crippen LogP contribution >= 0.6 is 0 Å². The molecule has 140 valence electrons. The van der Waals surface area contributed by atoms with Crippen molar-refractivity contribution in [1.82, 2.24) is 15.1 Å². The van der Waals surface area contributed by atoms with E-state index in [1.807, 2.05) is 42.5 Å². The zero-order valence-electron chi connectivity index (χ0n) is 15.0. The van der Waals surface area contributed by atoms with E-state index < -0.39 is 0 Å². The second kappa shape index (κ2) is 8.64. The van der Waals surface area contributed by atoms with Crippen molar-refractivity contribution in [3.63, 3.8) is 0 Å². The zero-order chi connectivity index (χ0) is 18.3. The average Bonchev–Trinajstić information content (AvgIpc) is 3.22. The third kappa shape index (κ3) is 4.83. The number of hydrogen-bond acceptors (Lipinski definition) is 7. The number of para-hydroxylation sites is 1. The number of rotatable bonds is 7. The van der Waals surface area contributed by atoms with Gasteiger partial charge in [0.15, 0.2) is 6.61 Å². The van der Waals surface area contributed by atoms with Gasteiger partial charge in [0.2, 0.25) is 5.82 Å². The maximum atomic E-state index is 5.71. The first-order valence-corrected chi connectivity index (χ1v) is 9.19. The molecule has 0 spiro atoms. The van der Waals surface area contributed by atoms with Gasteiger partial charge in [0.25, 0.3) is 5.89 Å².